The highest BCUT2D eigenvalue weighted by Gasteiger charge is 2.10. The Morgan fingerprint density at radius 1 is 1.38 bits per heavy atom. The first-order chi connectivity index (χ1) is 10.0. The van der Waals surface area contributed by atoms with Crippen molar-refractivity contribution in [1.82, 2.24) is 14.8 Å². The molecule has 0 aliphatic heterocycles. The number of H-pyrrole nitrogens is 1. The van der Waals surface area contributed by atoms with E-state index in [2.05, 4.69) is 10.1 Å². The molecular weight excluding hydrogens is 292 g/mol. The molecule has 21 heavy (non-hydrogen) atoms. The van der Waals surface area contributed by atoms with Crippen LogP contribution in [0, 0.1) is 11.3 Å². The van der Waals surface area contributed by atoms with E-state index in [0.29, 0.717) is 11.1 Å². The molecule has 0 unspecified atom stereocenters. The van der Waals surface area contributed by atoms with E-state index in [1.54, 1.807) is 24.3 Å². The van der Waals surface area contributed by atoms with E-state index in [1.807, 2.05) is 6.07 Å². The van der Waals surface area contributed by atoms with Gasteiger partial charge in [-0.3, -0.25) is 24.2 Å². The number of nitrogens with zero attached hydrogens (tertiary/aromatic N) is 3. The van der Waals surface area contributed by atoms with Crippen LogP contribution < -0.4 is 11.1 Å². The zero-order valence-electron chi connectivity index (χ0n) is 11.0. The molecule has 1 heterocycles. The van der Waals surface area contributed by atoms with Crippen molar-refractivity contribution in [2.24, 2.45) is 7.05 Å². The van der Waals surface area contributed by atoms with Crippen LogP contribution in [0.2, 0.25) is 0 Å². The zero-order chi connectivity index (χ0) is 15.4. The third kappa shape index (κ3) is 3.46. The van der Waals surface area contributed by atoms with Gasteiger partial charge in [-0.05, 0) is 12.1 Å². The maximum absolute atomic E-state index is 12.0. The first kappa shape index (κ1) is 14.7. The second-order valence-corrected chi connectivity index (χ2v) is 5.04. The lowest BCUT2D eigenvalue weighted by Gasteiger charge is -2.05. The second kappa shape index (κ2) is 6.19. The molecule has 0 bridgehead atoms. The number of hydrogen-bond donors (Lipinski definition) is 1. The van der Waals surface area contributed by atoms with Crippen LogP contribution >= 0.6 is 11.8 Å². The minimum Gasteiger partial charge on any atom is -0.293 e. The lowest BCUT2D eigenvalue weighted by atomic mass is 10.1. The number of carbonyl (C=O) groups is 1. The Labute approximate surface area is 123 Å². The Hall–Kier alpha value is -2.66. The fourth-order valence-electron chi connectivity index (χ4n) is 1.53. The van der Waals surface area contributed by atoms with Crippen molar-refractivity contribution in [3.8, 4) is 6.07 Å². The molecule has 1 N–H and O–H groups in total. The molecule has 2 rings (SSSR count). The van der Waals surface area contributed by atoms with Gasteiger partial charge in [-0.2, -0.15) is 10.2 Å². The normalized spacial score (nSPS) is 10.1. The predicted octanol–water partition coefficient (Wildman–Crippen LogP) is 0.315. The molecule has 0 radical (unpaired) electrons. The lowest BCUT2D eigenvalue weighted by molar-refractivity contribution is 0.102. The molecule has 0 atom stereocenters. The number of aromatic nitrogens is 3. The van der Waals surface area contributed by atoms with Crippen molar-refractivity contribution >= 4 is 17.5 Å². The summed E-state index contributed by atoms with van der Waals surface area (Å²) >= 11 is 1.05. The molecular formula is C13H10N4O3S. The summed E-state index contributed by atoms with van der Waals surface area (Å²) in [4.78, 5) is 37.8. The van der Waals surface area contributed by atoms with Gasteiger partial charge in [0.05, 0.1) is 17.4 Å². The Bertz CT molecular complexity index is 830. The lowest BCUT2D eigenvalue weighted by Crippen LogP contribution is -2.34. The van der Waals surface area contributed by atoms with E-state index in [4.69, 9.17) is 5.26 Å². The predicted molar refractivity (Wildman–Crippen MR) is 76.3 cm³/mol. The standard InChI is InChI=1S/C13H10N4O3S/c1-17-13(15-11(19)12(20)16-17)21-7-10(18)9-4-2-8(6-14)3-5-9/h2-5H,7H2,1H3,(H,16,20). The van der Waals surface area contributed by atoms with Gasteiger partial charge in [0.2, 0.25) is 0 Å². The first-order valence-corrected chi connectivity index (χ1v) is 6.83. The SMILES string of the molecule is Cn1[nH]c(=O)c(=O)nc1SCC(=O)c1ccc(C#N)cc1. The number of thioether (sulfide) groups is 1. The summed E-state index contributed by atoms with van der Waals surface area (Å²) in [5, 5.41) is 11.2. The first-order valence-electron chi connectivity index (χ1n) is 5.85. The van der Waals surface area contributed by atoms with Crippen molar-refractivity contribution < 1.29 is 4.79 Å². The third-order valence-corrected chi connectivity index (χ3v) is 3.65. The van der Waals surface area contributed by atoms with E-state index in [-0.39, 0.29) is 16.7 Å². The zero-order valence-corrected chi connectivity index (χ0v) is 11.8. The Morgan fingerprint density at radius 2 is 2.05 bits per heavy atom. The van der Waals surface area contributed by atoms with Gasteiger partial charge in [-0.1, -0.05) is 23.9 Å². The van der Waals surface area contributed by atoms with E-state index in [0.717, 1.165) is 11.8 Å². The van der Waals surface area contributed by atoms with Gasteiger partial charge in [0.1, 0.15) is 0 Å². The van der Waals surface area contributed by atoms with Crippen LogP contribution in [0.5, 0.6) is 0 Å². The van der Waals surface area contributed by atoms with Gasteiger partial charge in [-0.25, -0.2) is 0 Å². The topological polar surface area (TPSA) is 109 Å². The Kier molecular flexibility index (Phi) is 4.35. The summed E-state index contributed by atoms with van der Waals surface area (Å²) in [7, 11) is 1.53. The van der Waals surface area contributed by atoms with Crippen molar-refractivity contribution in [1.29, 1.82) is 5.26 Å². The van der Waals surface area contributed by atoms with Gasteiger partial charge < -0.3 is 0 Å². The summed E-state index contributed by atoms with van der Waals surface area (Å²) < 4.78 is 1.29. The largest absolute Gasteiger partial charge is 0.339 e. The van der Waals surface area contributed by atoms with Crippen LogP contribution in [0.4, 0.5) is 0 Å². The van der Waals surface area contributed by atoms with E-state index in [9.17, 15) is 14.4 Å². The fourth-order valence-corrected chi connectivity index (χ4v) is 2.35. The highest BCUT2D eigenvalue weighted by molar-refractivity contribution is 7.99. The number of rotatable bonds is 4. The number of carbonyl (C=O) groups excluding carboxylic acids is 1. The number of Topliss-reactive ketones (excluding diaryl/α,β-unsaturated/α-hetero) is 1. The number of aryl methyl sites for hydroxylation is 1. The maximum atomic E-state index is 12.0. The quantitative estimate of drug-likeness (QED) is 0.495. The molecule has 106 valence electrons. The van der Waals surface area contributed by atoms with Gasteiger partial charge in [-0.15, -0.1) is 0 Å². The molecule has 0 aliphatic carbocycles. The minimum absolute atomic E-state index is 0.0677. The molecule has 7 nitrogen and oxygen atoms in total. The van der Waals surface area contributed by atoms with E-state index in [1.165, 1.54) is 11.7 Å². The number of nitrogens with one attached hydrogen (secondary N) is 1. The summed E-state index contributed by atoms with van der Waals surface area (Å²) in [6.07, 6.45) is 0. The van der Waals surface area contributed by atoms with E-state index < -0.39 is 11.1 Å². The average molecular weight is 302 g/mol. The van der Waals surface area contributed by atoms with Gasteiger partial charge in [0.15, 0.2) is 10.9 Å². The van der Waals surface area contributed by atoms with Gasteiger partial charge in [0, 0.05) is 12.6 Å². The fraction of sp³-hybridized carbons (Fsp3) is 0.154. The van der Waals surface area contributed by atoms with Crippen LogP contribution in [0.15, 0.2) is 39.0 Å². The third-order valence-electron chi connectivity index (χ3n) is 2.62. The number of hydrogen-bond acceptors (Lipinski definition) is 6. The van der Waals surface area contributed by atoms with Gasteiger partial charge >= 0.3 is 11.1 Å². The van der Waals surface area contributed by atoms with Crippen molar-refractivity contribution in [2.75, 3.05) is 5.75 Å². The van der Waals surface area contributed by atoms with Crippen molar-refractivity contribution in [2.45, 2.75) is 5.16 Å². The molecule has 0 saturated heterocycles. The Balaban J connectivity index is 2.11. The molecule has 0 saturated carbocycles. The number of nitriles is 1. The minimum atomic E-state index is -0.888. The molecule has 0 amide bonds. The van der Waals surface area contributed by atoms with Crippen LogP contribution in [0.25, 0.3) is 0 Å². The molecule has 1 aromatic heterocycles. The molecule has 8 heteroatoms. The highest BCUT2D eigenvalue weighted by Crippen LogP contribution is 2.14. The summed E-state index contributed by atoms with van der Waals surface area (Å²) in [5.74, 6) is -0.0944. The van der Waals surface area contributed by atoms with Crippen LogP contribution in [0.1, 0.15) is 15.9 Å². The van der Waals surface area contributed by atoms with Crippen molar-refractivity contribution in [3.05, 3.63) is 56.1 Å². The van der Waals surface area contributed by atoms with Crippen molar-refractivity contribution in [3.63, 3.8) is 0 Å². The summed E-state index contributed by atoms with van der Waals surface area (Å²) in [6, 6.07) is 8.23. The molecule has 1 aromatic carbocycles. The van der Waals surface area contributed by atoms with Gasteiger partial charge in [0.25, 0.3) is 0 Å². The average Bonchev–Trinajstić information content (AvgIpc) is 2.49. The molecule has 0 fully saturated rings. The smallest absolute Gasteiger partial charge is 0.293 e. The number of ketones is 1. The van der Waals surface area contributed by atoms with Crippen LogP contribution in [0.3, 0.4) is 0 Å². The summed E-state index contributed by atoms with van der Waals surface area (Å²) in [6.45, 7) is 0. The highest BCUT2D eigenvalue weighted by atomic mass is 32.2. The van der Waals surface area contributed by atoms with E-state index >= 15 is 0 Å². The number of benzene rings is 1. The second-order valence-electron chi connectivity index (χ2n) is 4.10. The van der Waals surface area contributed by atoms with Crippen LogP contribution in [-0.2, 0) is 7.05 Å². The maximum Gasteiger partial charge on any atom is 0.339 e. The summed E-state index contributed by atoms with van der Waals surface area (Å²) in [5.41, 5.74) is -0.749. The Morgan fingerprint density at radius 3 is 2.67 bits per heavy atom. The molecule has 0 spiro atoms. The monoisotopic (exact) mass is 302 g/mol. The number of aromatic amines is 1. The van der Waals surface area contributed by atoms with Crippen LogP contribution in [-0.4, -0.2) is 26.3 Å². The molecule has 2 aromatic rings. The molecule has 0 aliphatic rings.